The van der Waals surface area contributed by atoms with Crippen molar-refractivity contribution in [3.63, 3.8) is 0 Å². The molecule has 0 spiro atoms. The highest BCUT2D eigenvalue weighted by atomic mass is 32.2. The molecule has 162 valence electrons. The third kappa shape index (κ3) is 4.70. The predicted molar refractivity (Wildman–Crippen MR) is 122 cm³/mol. The number of carbonyl (C=O) groups is 1. The maximum atomic E-state index is 13.0. The summed E-state index contributed by atoms with van der Waals surface area (Å²) in [6.45, 7) is 2.30. The van der Waals surface area contributed by atoms with Gasteiger partial charge in [-0.25, -0.2) is 13.2 Å². The Morgan fingerprint density at radius 2 is 1.69 bits per heavy atom. The van der Waals surface area contributed by atoms with E-state index in [1.54, 1.807) is 18.2 Å². The van der Waals surface area contributed by atoms with Gasteiger partial charge in [0.1, 0.15) is 5.58 Å². The van der Waals surface area contributed by atoms with Crippen molar-refractivity contribution < 1.29 is 17.6 Å². The first-order chi connectivity index (χ1) is 15.3. The molecule has 0 aliphatic carbocycles. The van der Waals surface area contributed by atoms with Gasteiger partial charge < -0.3 is 9.73 Å². The molecule has 8 heteroatoms. The van der Waals surface area contributed by atoms with Gasteiger partial charge in [0, 0.05) is 18.0 Å². The Hall–Kier alpha value is -3.91. The Balaban J connectivity index is 1.56. The van der Waals surface area contributed by atoms with E-state index < -0.39 is 21.6 Å². The molecule has 1 aromatic heterocycles. The second-order valence-corrected chi connectivity index (χ2v) is 8.96. The average Bonchev–Trinajstić information content (AvgIpc) is 2.78. The highest BCUT2D eigenvalue weighted by molar-refractivity contribution is 7.92. The lowest BCUT2D eigenvalue weighted by molar-refractivity contribution is 0.0952. The Kier molecular flexibility index (Phi) is 5.79. The number of para-hydroxylation sites is 1. The molecule has 0 aliphatic rings. The van der Waals surface area contributed by atoms with Gasteiger partial charge in [-0.3, -0.25) is 9.52 Å². The SMILES string of the molecule is Cc1ccc(CNC(=O)c2ccccc2NS(=O)(=O)c2ccc3oc(=O)ccc3c2)cc1. The third-order valence-corrected chi connectivity index (χ3v) is 6.25. The lowest BCUT2D eigenvalue weighted by atomic mass is 10.1. The van der Waals surface area contributed by atoms with Crippen LogP contribution in [0.1, 0.15) is 21.5 Å². The summed E-state index contributed by atoms with van der Waals surface area (Å²) >= 11 is 0. The Bertz CT molecular complexity index is 1460. The third-order valence-electron chi connectivity index (χ3n) is 4.89. The van der Waals surface area contributed by atoms with Crippen molar-refractivity contribution in [2.45, 2.75) is 18.4 Å². The molecule has 32 heavy (non-hydrogen) atoms. The van der Waals surface area contributed by atoms with Crippen molar-refractivity contribution in [1.29, 1.82) is 0 Å². The molecule has 0 bridgehead atoms. The van der Waals surface area contributed by atoms with Gasteiger partial charge in [0.15, 0.2) is 0 Å². The molecule has 4 aromatic rings. The van der Waals surface area contributed by atoms with E-state index in [-0.39, 0.29) is 21.7 Å². The lowest BCUT2D eigenvalue weighted by Gasteiger charge is -2.13. The van der Waals surface area contributed by atoms with Crippen molar-refractivity contribution in [2.75, 3.05) is 4.72 Å². The van der Waals surface area contributed by atoms with E-state index in [9.17, 15) is 18.0 Å². The molecule has 4 rings (SSSR count). The molecular formula is C24H20N2O5S. The zero-order valence-corrected chi connectivity index (χ0v) is 18.0. The molecule has 0 atom stereocenters. The van der Waals surface area contributed by atoms with E-state index in [0.29, 0.717) is 11.9 Å². The number of hydrogen-bond acceptors (Lipinski definition) is 5. The van der Waals surface area contributed by atoms with Crippen molar-refractivity contribution >= 4 is 32.6 Å². The van der Waals surface area contributed by atoms with Gasteiger partial charge in [0.25, 0.3) is 15.9 Å². The standard InChI is InChI=1S/C24H20N2O5S/c1-16-6-8-17(9-7-16)15-25-24(28)20-4-2-3-5-21(20)26-32(29,30)19-11-12-22-18(14-19)10-13-23(27)31-22/h2-14,26H,15H2,1H3,(H,25,28). The summed E-state index contributed by atoms with van der Waals surface area (Å²) < 4.78 is 33.5. The molecule has 0 radical (unpaired) electrons. The fourth-order valence-electron chi connectivity index (χ4n) is 3.17. The number of nitrogens with one attached hydrogen (secondary N) is 2. The largest absolute Gasteiger partial charge is 0.423 e. The first-order valence-electron chi connectivity index (χ1n) is 9.81. The van der Waals surface area contributed by atoms with Crippen LogP contribution in [0, 0.1) is 6.92 Å². The van der Waals surface area contributed by atoms with Crippen LogP contribution in [0.5, 0.6) is 0 Å². The van der Waals surface area contributed by atoms with Crippen molar-refractivity contribution in [3.05, 3.63) is 106 Å². The Morgan fingerprint density at radius 3 is 2.47 bits per heavy atom. The molecule has 0 saturated heterocycles. The molecular weight excluding hydrogens is 428 g/mol. The van der Waals surface area contributed by atoms with Crippen LogP contribution in [-0.2, 0) is 16.6 Å². The number of anilines is 1. The average molecular weight is 449 g/mol. The number of rotatable bonds is 6. The van der Waals surface area contributed by atoms with Gasteiger partial charge in [0.05, 0.1) is 16.1 Å². The van der Waals surface area contributed by atoms with Gasteiger partial charge in [-0.15, -0.1) is 0 Å². The van der Waals surface area contributed by atoms with E-state index in [1.165, 1.54) is 36.4 Å². The Labute approximate surface area is 184 Å². The van der Waals surface area contributed by atoms with Gasteiger partial charge in [-0.05, 0) is 48.9 Å². The highest BCUT2D eigenvalue weighted by Crippen LogP contribution is 2.23. The zero-order chi connectivity index (χ0) is 22.7. The topological polar surface area (TPSA) is 105 Å². The van der Waals surface area contributed by atoms with Crippen molar-refractivity contribution in [2.24, 2.45) is 0 Å². The van der Waals surface area contributed by atoms with Crippen LogP contribution in [0.15, 0.2) is 93.0 Å². The predicted octanol–water partition coefficient (Wildman–Crippen LogP) is 3.83. The van der Waals surface area contributed by atoms with Crippen LogP contribution in [0.2, 0.25) is 0 Å². The summed E-state index contributed by atoms with van der Waals surface area (Å²) in [6, 6.07) is 21.0. The second-order valence-electron chi connectivity index (χ2n) is 7.27. The zero-order valence-electron chi connectivity index (χ0n) is 17.2. The van der Waals surface area contributed by atoms with Crippen LogP contribution in [0.4, 0.5) is 5.69 Å². The minimum absolute atomic E-state index is 0.0197. The summed E-state index contributed by atoms with van der Waals surface area (Å²) in [4.78, 5) is 24.1. The van der Waals surface area contributed by atoms with Crippen LogP contribution >= 0.6 is 0 Å². The minimum Gasteiger partial charge on any atom is -0.423 e. The van der Waals surface area contributed by atoms with E-state index in [0.717, 1.165) is 11.1 Å². The number of amides is 1. The lowest BCUT2D eigenvalue weighted by Crippen LogP contribution is -2.25. The number of fused-ring (bicyclic) bond motifs is 1. The van der Waals surface area contributed by atoms with Gasteiger partial charge in [-0.2, -0.15) is 0 Å². The number of aryl methyl sites for hydroxylation is 1. The summed E-state index contributed by atoms with van der Waals surface area (Å²) in [6.07, 6.45) is 0. The molecule has 1 amide bonds. The molecule has 0 fully saturated rings. The maximum Gasteiger partial charge on any atom is 0.336 e. The molecule has 3 aromatic carbocycles. The van der Waals surface area contributed by atoms with E-state index in [1.807, 2.05) is 31.2 Å². The quantitative estimate of drug-likeness (QED) is 0.436. The monoisotopic (exact) mass is 448 g/mol. The number of benzene rings is 3. The molecule has 0 unspecified atom stereocenters. The number of sulfonamides is 1. The molecule has 0 aliphatic heterocycles. The fourth-order valence-corrected chi connectivity index (χ4v) is 4.29. The summed E-state index contributed by atoms with van der Waals surface area (Å²) in [5.74, 6) is -0.399. The highest BCUT2D eigenvalue weighted by Gasteiger charge is 2.19. The number of hydrogen-bond donors (Lipinski definition) is 2. The smallest absolute Gasteiger partial charge is 0.336 e. The van der Waals surface area contributed by atoms with Gasteiger partial charge in [0.2, 0.25) is 0 Å². The van der Waals surface area contributed by atoms with Gasteiger partial charge >= 0.3 is 5.63 Å². The molecule has 0 saturated carbocycles. The van der Waals surface area contributed by atoms with Crippen molar-refractivity contribution in [3.8, 4) is 0 Å². The van der Waals surface area contributed by atoms with Crippen LogP contribution in [-0.4, -0.2) is 14.3 Å². The minimum atomic E-state index is -3.99. The first-order valence-corrected chi connectivity index (χ1v) is 11.3. The molecule has 1 heterocycles. The Morgan fingerprint density at radius 1 is 0.938 bits per heavy atom. The van der Waals surface area contributed by atoms with E-state index in [4.69, 9.17) is 4.42 Å². The van der Waals surface area contributed by atoms with Crippen molar-refractivity contribution in [1.82, 2.24) is 5.32 Å². The van der Waals surface area contributed by atoms with Gasteiger partial charge in [-0.1, -0.05) is 42.0 Å². The summed E-state index contributed by atoms with van der Waals surface area (Å²) in [5.41, 5.74) is 2.19. The summed E-state index contributed by atoms with van der Waals surface area (Å²) in [7, 11) is -3.99. The molecule has 2 N–H and O–H groups in total. The van der Waals surface area contributed by atoms with Crippen LogP contribution in [0.25, 0.3) is 11.0 Å². The van der Waals surface area contributed by atoms with Crippen LogP contribution in [0.3, 0.4) is 0 Å². The maximum absolute atomic E-state index is 13.0. The normalized spacial score (nSPS) is 11.3. The fraction of sp³-hybridized carbons (Fsp3) is 0.0833. The second kappa shape index (κ2) is 8.68. The first kappa shape index (κ1) is 21.3. The number of carbonyl (C=O) groups excluding carboxylic acids is 1. The van der Waals surface area contributed by atoms with Crippen LogP contribution < -0.4 is 15.7 Å². The molecule has 7 nitrogen and oxygen atoms in total. The van der Waals surface area contributed by atoms with E-state index in [2.05, 4.69) is 10.0 Å². The van der Waals surface area contributed by atoms with E-state index >= 15 is 0 Å². The summed E-state index contributed by atoms with van der Waals surface area (Å²) in [5, 5.41) is 3.28.